The van der Waals surface area contributed by atoms with Crippen LogP contribution >= 0.6 is 0 Å². The Kier molecular flexibility index (Phi) is 7.56. The van der Waals surface area contributed by atoms with Gasteiger partial charge < -0.3 is 4.90 Å². The molecular formula is C21H28N2O3S. The first-order valence-corrected chi connectivity index (χ1v) is 10.7. The summed E-state index contributed by atoms with van der Waals surface area (Å²) >= 11 is 0. The van der Waals surface area contributed by atoms with Crippen LogP contribution in [0.2, 0.25) is 0 Å². The van der Waals surface area contributed by atoms with Crippen molar-refractivity contribution in [1.29, 1.82) is 0 Å². The zero-order chi connectivity index (χ0) is 19.9. The van der Waals surface area contributed by atoms with Crippen molar-refractivity contribution in [3.8, 4) is 0 Å². The number of hydrogen-bond acceptors (Lipinski definition) is 3. The number of rotatable bonds is 9. The number of sulfonamides is 1. The van der Waals surface area contributed by atoms with Gasteiger partial charge in [-0.2, -0.15) is 0 Å². The Hall–Kier alpha value is -2.18. The molecule has 0 spiro atoms. The van der Waals surface area contributed by atoms with Gasteiger partial charge in [0.05, 0.1) is 4.90 Å². The van der Waals surface area contributed by atoms with Crippen molar-refractivity contribution in [2.45, 2.75) is 38.0 Å². The van der Waals surface area contributed by atoms with E-state index in [1.54, 1.807) is 17.0 Å². The van der Waals surface area contributed by atoms with Crippen LogP contribution in [0.5, 0.6) is 0 Å². The van der Waals surface area contributed by atoms with Crippen molar-refractivity contribution in [3.05, 3.63) is 65.7 Å². The lowest BCUT2D eigenvalue weighted by Gasteiger charge is -2.21. The summed E-state index contributed by atoms with van der Waals surface area (Å²) in [6.07, 6.45) is 0.740. The fourth-order valence-corrected chi connectivity index (χ4v) is 3.79. The Morgan fingerprint density at radius 2 is 1.63 bits per heavy atom. The third-order valence-corrected chi connectivity index (χ3v) is 5.97. The second kappa shape index (κ2) is 9.67. The first kappa shape index (κ1) is 21.1. The largest absolute Gasteiger partial charge is 0.341 e. The molecular weight excluding hydrogens is 360 g/mol. The van der Waals surface area contributed by atoms with Crippen LogP contribution in [0.1, 0.15) is 37.8 Å². The summed E-state index contributed by atoms with van der Waals surface area (Å²) in [7, 11) is -3.58. The Labute approximate surface area is 162 Å². The Balaban J connectivity index is 1.90. The molecule has 27 heavy (non-hydrogen) atoms. The molecule has 0 fully saturated rings. The molecule has 0 heterocycles. The van der Waals surface area contributed by atoms with E-state index in [0.29, 0.717) is 19.0 Å². The van der Waals surface area contributed by atoms with Gasteiger partial charge in [0, 0.05) is 26.6 Å². The smallest absolute Gasteiger partial charge is 0.240 e. The standard InChI is InChI=1S/C21H28N2O3S/c1-17(2)20-9-11-21(12-10-20)27(25,26)22-14-16-23(18(3)24)15-13-19-7-5-4-6-8-19/h4-12,17,22H,13-16H2,1-3H3. The maximum Gasteiger partial charge on any atom is 0.240 e. The van der Waals surface area contributed by atoms with Crippen LogP contribution in [-0.4, -0.2) is 38.9 Å². The zero-order valence-electron chi connectivity index (χ0n) is 16.2. The minimum atomic E-state index is -3.58. The average molecular weight is 389 g/mol. The van der Waals surface area contributed by atoms with E-state index in [0.717, 1.165) is 17.5 Å². The summed E-state index contributed by atoms with van der Waals surface area (Å²) in [5.74, 6) is 0.287. The minimum absolute atomic E-state index is 0.0635. The van der Waals surface area contributed by atoms with Gasteiger partial charge in [-0.15, -0.1) is 0 Å². The summed E-state index contributed by atoms with van der Waals surface area (Å²) in [4.78, 5) is 13.7. The average Bonchev–Trinajstić information content (AvgIpc) is 2.65. The van der Waals surface area contributed by atoms with Crippen molar-refractivity contribution in [2.24, 2.45) is 0 Å². The molecule has 0 aromatic heterocycles. The molecule has 0 radical (unpaired) electrons. The van der Waals surface area contributed by atoms with Gasteiger partial charge >= 0.3 is 0 Å². The highest BCUT2D eigenvalue weighted by Gasteiger charge is 2.15. The summed E-state index contributed by atoms with van der Waals surface area (Å²) in [6.45, 7) is 6.71. The second-order valence-electron chi connectivity index (χ2n) is 6.86. The van der Waals surface area contributed by atoms with E-state index >= 15 is 0 Å². The van der Waals surface area contributed by atoms with Gasteiger partial charge in [0.2, 0.25) is 15.9 Å². The topological polar surface area (TPSA) is 66.5 Å². The predicted molar refractivity (Wildman–Crippen MR) is 108 cm³/mol. The first-order valence-electron chi connectivity index (χ1n) is 9.18. The molecule has 6 heteroatoms. The van der Waals surface area contributed by atoms with E-state index in [1.807, 2.05) is 42.5 Å². The summed E-state index contributed by atoms with van der Waals surface area (Å²) in [5.41, 5.74) is 2.24. The van der Waals surface area contributed by atoms with E-state index in [9.17, 15) is 13.2 Å². The lowest BCUT2D eigenvalue weighted by molar-refractivity contribution is -0.128. The molecule has 146 valence electrons. The van der Waals surface area contributed by atoms with Crippen molar-refractivity contribution >= 4 is 15.9 Å². The van der Waals surface area contributed by atoms with Gasteiger partial charge in [0.1, 0.15) is 0 Å². The molecule has 1 amide bonds. The molecule has 0 atom stereocenters. The van der Waals surface area contributed by atoms with Crippen LogP contribution in [0.25, 0.3) is 0 Å². The zero-order valence-corrected chi connectivity index (χ0v) is 17.0. The molecule has 0 bridgehead atoms. The molecule has 0 aliphatic heterocycles. The molecule has 0 aliphatic carbocycles. The number of nitrogens with one attached hydrogen (secondary N) is 1. The molecule has 2 rings (SSSR count). The monoisotopic (exact) mass is 388 g/mol. The van der Waals surface area contributed by atoms with Gasteiger partial charge in [0.25, 0.3) is 0 Å². The highest BCUT2D eigenvalue weighted by molar-refractivity contribution is 7.89. The Morgan fingerprint density at radius 3 is 2.19 bits per heavy atom. The molecule has 0 unspecified atom stereocenters. The van der Waals surface area contributed by atoms with Gasteiger partial charge in [-0.1, -0.05) is 56.3 Å². The van der Waals surface area contributed by atoms with Gasteiger partial charge in [0.15, 0.2) is 0 Å². The van der Waals surface area contributed by atoms with E-state index < -0.39 is 10.0 Å². The van der Waals surface area contributed by atoms with Gasteiger partial charge in [-0.05, 0) is 35.6 Å². The fourth-order valence-electron chi connectivity index (χ4n) is 2.77. The lowest BCUT2D eigenvalue weighted by Crippen LogP contribution is -2.38. The van der Waals surface area contributed by atoms with Crippen LogP contribution < -0.4 is 4.72 Å². The third kappa shape index (κ3) is 6.48. The SMILES string of the molecule is CC(=O)N(CCNS(=O)(=O)c1ccc(C(C)C)cc1)CCc1ccccc1. The molecule has 0 aliphatic rings. The van der Waals surface area contributed by atoms with Crippen molar-refractivity contribution in [2.75, 3.05) is 19.6 Å². The maximum absolute atomic E-state index is 12.4. The number of nitrogens with zero attached hydrogens (tertiary/aromatic N) is 1. The van der Waals surface area contributed by atoms with E-state index in [4.69, 9.17) is 0 Å². The van der Waals surface area contributed by atoms with Gasteiger partial charge in [-0.25, -0.2) is 13.1 Å². The number of carbonyl (C=O) groups is 1. The molecule has 0 saturated heterocycles. The highest BCUT2D eigenvalue weighted by Crippen LogP contribution is 2.17. The van der Waals surface area contributed by atoms with E-state index in [-0.39, 0.29) is 17.3 Å². The number of amides is 1. The fraction of sp³-hybridized carbons (Fsp3) is 0.381. The quantitative estimate of drug-likeness (QED) is 0.717. The van der Waals surface area contributed by atoms with Crippen LogP contribution in [-0.2, 0) is 21.2 Å². The highest BCUT2D eigenvalue weighted by atomic mass is 32.2. The van der Waals surface area contributed by atoms with Crippen LogP contribution in [0.4, 0.5) is 0 Å². The first-order chi connectivity index (χ1) is 12.8. The van der Waals surface area contributed by atoms with Crippen molar-refractivity contribution in [1.82, 2.24) is 9.62 Å². The van der Waals surface area contributed by atoms with Crippen molar-refractivity contribution in [3.63, 3.8) is 0 Å². The number of benzene rings is 2. The third-order valence-electron chi connectivity index (χ3n) is 4.49. The normalized spacial score (nSPS) is 11.6. The lowest BCUT2D eigenvalue weighted by atomic mass is 10.0. The Bertz CT molecular complexity index is 831. The van der Waals surface area contributed by atoms with Crippen LogP contribution in [0, 0.1) is 0 Å². The van der Waals surface area contributed by atoms with E-state index in [1.165, 1.54) is 6.92 Å². The summed E-state index contributed by atoms with van der Waals surface area (Å²) < 4.78 is 27.4. The predicted octanol–water partition coefficient (Wildman–Crippen LogP) is 3.18. The van der Waals surface area contributed by atoms with Crippen LogP contribution in [0.15, 0.2) is 59.5 Å². The van der Waals surface area contributed by atoms with Gasteiger partial charge in [-0.3, -0.25) is 4.79 Å². The van der Waals surface area contributed by atoms with Crippen LogP contribution in [0.3, 0.4) is 0 Å². The molecule has 1 N–H and O–H groups in total. The molecule has 0 saturated carbocycles. The maximum atomic E-state index is 12.4. The van der Waals surface area contributed by atoms with E-state index in [2.05, 4.69) is 18.6 Å². The summed E-state index contributed by atoms with van der Waals surface area (Å²) in [5, 5.41) is 0. The number of carbonyl (C=O) groups excluding carboxylic acids is 1. The summed E-state index contributed by atoms with van der Waals surface area (Å²) in [6, 6.07) is 16.8. The molecule has 5 nitrogen and oxygen atoms in total. The Morgan fingerprint density at radius 1 is 1.00 bits per heavy atom. The van der Waals surface area contributed by atoms with Crippen molar-refractivity contribution < 1.29 is 13.2 Å². The molecule has 2 aromatic carbocycles. The minimum Gasteiger partial charge on any atom is -0.341 e. The number of hydrogen-bond donors (Lipinski definition) is 1. The second-order valence-corrected chi connectivity index (χ2v) is 8.63. The molecule has 2 aromatic rings.